The Kier molecular flexibility index (Phi) is 7.66. The molecule has 43 heavy (non-hydrogen) atoms. The second-order valence-corrected chi connectivity index (χ2v) is 11.3. The van der Waals surface area contributed by atoms with Crippen LogP contribution in [0.15, 0.2) is 79.0 Å². The summed E-state index contributed by atoms with van der Waals surface area (Å²) in [6.45, 7) is 2.48. The molecule has 9 nitrogen and oxygen atoms in total. The highest BCUT2D eigenvalue weighted by Crippen LogP contribution is 2.53. The van der Waals surface area contributed by atoms with Gasteiger partial charge < -0.3 is 19.6 Å². The molecule has 4 atom stereocenters. The Morgan fingerprint density at radius 2 is 1.77 bits per heavy atom. The quantitative estimate of drug-likeness (QED) is 0.216. The Labute approximate surface area is 249 Å². The number of carbonyl (C=O) groups excluding carboxylic acids is 2. The van der Waals surface area contributed by atoms with E-state index >= 15 is 0 Å². The maximum absolute atomic E-state index is 14.1. The van der Waals surface area contributed by atoms with Crippen molar-refractivity contribution in [3.05, 3.63) is 95.7 Å². The Morgan fingerprint density at radius 1 is 1.00 bits per heavy atom. The summed E-state index contributed by atoms with van der Waals surface area (Å²) in [6.07, 6.45) is 3.23. The lowest BCUT2D eigenvalue weighted by Crippen LogP contribution is -2.57. The van der Waals surface area contributed by atoms with Crippen LogP contribution in [0.2, 0.25) is 0 Å². The fraction of sp³-hybridized carbons (Fsp3) is 0.324. The van der Waals surface area contributed by atoms with E-state index in [1.165, 1.54) is 12.0 Å². The number of H-pyrrole nitrogens is 1. The predicted molar refractivity (Wildman–Crippen MR) is 161 cm³/mol. The molecule has 4 unspecified atom stereocenters. The van der Waals surface area contributed by atoms with E-state index < -0.39 is 35.3 Å². The number of unbranched alkanes of at least 4 members (excludes halogenated alkanes) is 1. The molecule has 0 saturated carbocycles. The van der Waals surface area contributed by atoms with Crippen molar-refractivity contribution >= 4 is 28.7 Å². The number of rotatable bonds is 11. The second kappa shape index (κ2) is 11.6. The smallest absolute Gasteiger partial charge is 0.325 e. The maximum Gasteiger partial charge on any atom is 0.325 e. The van der Waals surface area contributed by atoms with Gasteiger partial charge in [-0.05, 0) is 29.7 Å². The number of nitrogens with zero attached hydrogens (tertiary/aromatic N) is 1. The van der Waals surface area contributed by atoms with Gasteiger partial charge in [0, 0.05) is 41.7 Å². The molecule has 3 aromatic carbocycles. The average molecular weight is 582 g/mol. The number of methoxy groups -OCH3 is 1. The zero-order valence-corrected chi connectivity index (χ0v) is 24.2. The third kappa shape index (κ3) is 4.83. The predicted octanol–water partition coefficient (Wildman–Crippen LogP) is 4.87. The summed E-state index contributed by atoms with van der Waals surface area (Å²) in [5.41, 5.74) is 1.39. The number of aliphatic carboxylic acids is 1. The molecule has 222 valence electrons. The molecule has 0 bridgehead atoms. The Morgan fingerprint density at radius 3 is 2.51 bits per heavy atom. The van der Waals surface area contributed by atoms with Crippen LogP contribution in [0.4, 0.5) is 0 Å². The minimum atomic E-state index is -1.74. The van der Waals surface area contributed by atoms with Gasteiger partial charge in [-0.2, -0.15) is 0 Å². The maximum atomic E-state index is 14.1. The number of aromatic nitrogens is 1. The number of aromatic amines is 1. The Balaban J connectivity index is 1.47. The summed E-state index contributed by atoms with van der Waals surface area (Å²) < 4.78 is 12.0. The summed E-state index contributed by atoms with van der Waals surface area (Å²) in [7, 11) is 1.54. The molecule has 0 aliphatic carbocycles. The van der Waals surface area contributed by atoms with Crippen LogP contribution in [0.3, 0.4) is 0 Å². The van der Waals surface area contributed by atoms with Crippen molar-refractivity contribution in [2.24, 2.45) is 11.8 Å². The molecule has 9 heteroatoms. The van der Waals surface area contributed by atoms with Crippen LogP contribution in [0.1, 0.15) is 42.5 Å². The van der Waals surface area contributed by atoms with Crippen LogP contribution >= 0.6 is 0 Å². The monoisotopic (exact) mass is 581 g/mol. The van der Waals surface area contributed by atoms with Crippen LogP contribution in [0.5, 0.6) is 11.5 Å². The molecule has 2 amide bonds. The zero-order valence-electron chi connectivity index (χ0n) is 24.2. The van der Waals surface area contributed by atoms with E-state index in [-0.39, 0.29) is 25.5 Å². The zero-order chi connectivity index (χ0) is 30.1. The molecule has 4 aromatic rings. The first kappa shape index (κ1) is 28.5. The Bertz CT molecular complexity index is 1670. The van der Waals surface area contributed by atoms with Crippen LogP contribution < -0.4 is 14.8 Å². The van der Waals surface area contributed by atoms with Gasteiger partial charge in [-0.15, -0.1) is 0 Å². The minimum absolute atomic E-state index is 0.00876. The van der Waals surface area contributed by atoms with Gasteiger partial charge in [0.1, 0.15) is 12.1 Å². The van der Waals surface area contributed by atoms with Crippen LogP contribution in [0, 0.1) is 11.8 Å². The van der Waals surface area contributed by atoms with E-state index in [9.17, 15) is 19.5 Å². The number of hydrogen-bond donors (Lipinski definition) is 3. The highest BCUT2D eigenvalue weighted by molar-refractivity contribution is 6.09. The van der Waals surface area contributed by atoms with Crippen molar-refractivity contribution in [2.45, 2.75) is 44.4 Å². The summed E-state index contributed by atoms with van der Waals surface area (Å²) in [4.78, 5) is 46.0. The fourth-order valence-corrected chi connectivity index (χ4v) is 6.70. The van der Waals surface area contributed by atoms with Gasteiger partial charge in [0.05, 0.1) is 18.9 Å². The van der Waals surface area contributed by atoms with Gasteiger partial charge in [-0.3, -0.25) is 24.6 Å². The van der Waals surface area contributed by atoms with E-state index in [4.69, 9.17) is 9.47 Å². The van der Waals surface area contributed by atoms with Crippen molar-refractivity contribution in [1.82, 2.24) is 15.2 Å². The molecular formula is C34H35N3O6. The molecule has 0 spiro atoms. The number of hydrogen-bond acceptors (Lipinski definition) is 6. The van der Waals surface area contributed by atoms with Crippen LogP contribution in [-0.4, -0.2) is 52.0 Å². The molecule has 2 saturated heterocycles. The lowest BCUT2D eigenvalue weighted by molar-refractivity contribution is -0.151. The summed E-state index contributed by atoms with van der Waals surface area (Å²) in [5.74, 6) is -3.17. The fourth-order valence-electron chi connectivity index (χ4n) is 6.70. The third-order valence-electron chi connectivity index (χ3n) is 8.80. The number of carboxylic acids is 1. The van der Waals surface area contributed by atoms with E-state index in [0.29, 0.717) is 23.5 Å². The molecule has 2 aliphatic heterocycles. The Hall–Kier alpha value is -4.63. The second-order valence-electron chi connectivity index (χ2n) is 11.3. The number of fused-ring (bicyclic) bond motifs is 2. The molecular weight excluding hydrogens is 546 g/mol. The van der Waals surface area contributed by atoms with E-state index in [1.807, 2.05) is 67.6 Å². The van der Waals surface area contributed by atoms with Gasteiger partial charge >= 0.3 is 5.97 Å². The number of imide groups is 1. The van der Waals surface area contributed by atoms with Gasteiger partial charge in [0.15, 0.2) is 11.5 Å². The molecule has 0 radical (unpaired) electrons. The first-order chi connectivity index (χ1) is 20.9. The van der Waals surface area contributed by atoms with Crippen LogP contribution in [-0.2, 0) is 27.4 Å². The standard InChI is InChI=1S/C34H35N3O6/c1-3-4-17-37-31(38)27-28(32(37)39)34(33(40)41,18-22-19-35-25-15-9-8-13-23(22)25)36-29(27)24-14-10-16-26(42-2)30(24)43-20-21-11-6-5-7-12-21/h5-16,19,27-29,35-36H,3-4,17-18,20H2,1-2H3,(H,40,41). The van der Waals surface area contributed by atoms with Crippen molar-refractivity contribution in [3.8, 4) is 11.5 Å². The van der Waals surface area contributed by atoms with E-state index in [2.05, 4.69) is 10.3 Å². The van der Waals surface area contributed by atoms with Crippen molar-refractivity contribution in [2.75, 3.05) is 13.7 Å². The van der Waals surface area contributed by atoms with E-state index in [1.54, 1.807) is 18.3 Å². The first-order valence-corrected chi connectivity index (χ1v) is 14.6. The van der Waals surface area contributed by atoms with E-state index in [0.717, 1.165) is 28.5 Å². The number of amides is 2. The van der Waals surface area contributed by atoms with Crippen molar-refractivity contribution in [3.63, 3.8) is 0 Å². The van der Waals surface area contributed by atoms with Gasteiger partial charge in [-0.25, -0.2) is 0 Å². The molecule has 3 N–H and O–H groups in total. The van der Waals surface area contributed by atoms with Gasteiger partial charge in [0.25, 0.3) is 0 Å². The van der Waals surface area contributed by atoms with Crippen molar-refractivity contribution in [1.29, 1.82) is 0 Å². The lowest BCUT2D eigenvalue weighted by atomic mass is 9.76. The third-order valence-corrected chi connectivity index (χ3v) is 8.80. The summed E-state index contributed by atoms with van der Waals surface area (Å²) >= 11 is 0. The SMILES string of the molecule is CCCCN1C(=O)C2C(c3cccc(OC)c3OCc3ccccc3)NC(Cc3c[nH]c4ccccc34)(C(=O)O)C2C1=O. The number of likely N-dealkylation sites (tertiary alicyclic amines) is 1. The topological polar surface area (TPSA) is 121 Å². The first-order valence-electron chi connectivity index (χ1n) is 14.6. The number of nitrogens with one attached hydrogen (secondary N) is 2. The molecule has 1 aromatic heterocycles. The summed E-state index contributed by atoms with van der Waals surface area (Å²) in [5, 5.41) is 15.1. The molecule has 2 fully saturated rings. The highest BCUT2D eigenvalue weighted by Gasteiger charge is 2.68. The largest absolute Gasteiger partial charge is 0.493 e. The molecule has 3 heterocycles. The number of ether oxygens (including phenoxy) is 2. The van der Waals surface area contributed by atoms with Gasteiger partial charge in [0.2, 0.25) is 11.8 Å². The van der Waals surface area contributed by atoms with Gasteiger partial charge in [-0.1, -0.05) is 74.0 Å². The number of carboxylic acid groups (broad SMARTS) is 1. The van der Waals surface area contributed by atoms with Crippen LogP contribution in [0.25, 0.3) is 10.9 Å². The highest BCUT2D eigenvalue weighted by atomic mass is 16.5. The number of benzene rings is 3. The normalized spacial score (nSPS) is 23.1. The lowest BCUT2D eigenvalue weighted by Gasteiger charge is -2.31. The average Bonchev–Trinajstić information content (AvgIpc) is 3.67. The summed E-state index contributed by atoms with van der Waals surface area (Å²) in [6, 6.07) is 21.9. The van der Waals surface area contributed by atoms with Crippen molar-refractivity contribution < 1.29 is 29.0 Å². The minimum Gasteiger partial charge on any atom is -0.493 e. The number of para-hydroxylation sites is 2. The molecule has 6 rings (SSSR count). The number of carbonyl (C=O) groups is 3. The molecule has 2 aliphatic rings.